The Morgan fingerprint density at radius 1 is 1.24 bits per heavy atom. The monoisotopic (exact) mass is 290 g/mol. The first kappa shape index (κ1) is 17.7. The molecule has 1 amide bonds. The Balaban J connectivity index is 2.60. The maximum absolute atomic E-state index is 12.2. The molecule has 0 heterocycles. The van der Waals surface area contributed by atoms with Gasteiger partial charge in [0.25, 0.3) is 0 Å². The van der Waals surface area contributed by atoms with Crippen molar-refractivity contribution < 1.29 is 4.79 Å². The topological polar surface area (TPSA) is 55.1 Å². The SMILES string of the molecule is CCC(NC(=O)C[C@@H](CN)CC(C)C)c1ccc(C)cc1. The van der Waals surface area contributed by atoms with Gasteiger partial charge in [-0.25, -0.2) is 0 Å². The minimum atomic E-state index is 0.0931. The van der Waals surface area contributed by atoms with Gasteiger partial charge in [-0.2, -0.15) is 0 Å². The molecule has 0 radical (unpaired) electrons. The van der Waals surface area contributed by atoms with E-state index >= 15 is 0 Å². The number of amides is 1. The summed E-state index contributed by atoms with van der Waals surface area (Å²) in [4.78, 5) is 12.2. The maximum atomic E-state index is 12.2. The summed E-state index contributed by atoms with van der Waals surface area (Å²) in [5, 5.41) is 3.15. The van der Waals surface area contributed by atoms with E-state index in [1.165, 1.54) is 11.1 Å². The lowest BCUT2D eigenvalue weighted by Gasteiger charge is -2.21. The number of hydrogen-bond donors (Lipinski definition) is 2. The molecule has 0 saturated heterocycles. The normalized spacial score (nSPS) is 14.0. The standard InChI is InChI=1S/C18H30N2O/c1-5-17(16-8-6-14(4)7-9-16)20-18(21)11-15(12-19)10-13(2)3/h6-9,13,15,17H,5,10-12,19H2,1-4H3,(H,20,21)/t15-,17?/m0/s1. The highest BCUT2D eigenvalue weighted by Gasteiger charge is 2.17. The molecule has 0 bridgehead atoms. The Morgan fingerprint density at radius 2 is 1.86 bits per heavy atom. The lowest BCUT2D eigenvalue weighted by Crippen LogP contribution is -2.31. The smallest absolute Gasteiger partial charge is 0.220 e. The summed E-state index contributed by atoms with van der Waals surface area (Å²) in [6, 6.07) is 8.46. The van der Waals surface area contributed by atoms with Crippen LogP contribution < -0.4 is 11.1 Å². The van der Waals surface area contributed by atoms with Crippen molar-refractivity contribution in [3.63, 3.8) is 0 Å². The van der Waals surface area contributed by atoms with Crippen LogP contribution in [0.15, 0.2) is 24.3 Å². The molecule has 21 heavy (non-hydrogen) atoms. The predicted molar refractivity (Wildman–Crippen MR) is 89.0 cm³/mol. The van der Waals surface area contributed by atoms with Crippen molar-refractivity contribution in [2.75, 3.05) is 6.54 Å². The number of rotatable bonds is 8. The van der Waals surface area contributed by atoms with E-state index < -0.39 is 0 Å². The molecule has 1 rings (SSSR count). The van der Waals surface area contributed by atoms with E-state index in [-0.39, 0.29) is 17.9 Å². The number of nitrogens with one attached hydrogen (secondary N) is 1. The van der Waals surface area contributed by atoms with E-state index in [9.17, 15) is 4.79 Å². The van der Waals surface area contributed by atoms with Crippen molar-refractivity contribution in [3.8, 4) is 0 Å². The van der Waals surface area contributed by atoms with Crippen molar-refractivity contribution in [1.82, 2.24) is 5.32 Å². The largest absolute Gasteiger partial charge is 0.349 e. The van der Waals surface area contributed by atoms with Crippen LogP contribution in [0.3, 0.4) is 0 Å². The molecule has 2 atom stereocenters. The fourth-order valence-electron chi connectivity index (χ4n) is 2.66. The molecule has 0 fully saturated rings. The third kappa shape index (κ3) is 6.30. The van der Waals surface area contributed by atoms with Crippen LogP contribution in [0, 0.1) is 18.8 Å². The average molecular weight is 290 g/mol. The zero-order chi connectivity index (χ0) is 15.8. The van der Waals surface area contributed by atoms with Crippen molar-refractivity contribution in [3.05, 3.63) is 35.4 Å². The predicted octanol–water partition coefficient (Wildman–Crippen LogP) is 3.57. The number of aryl methyl sites for hydroxylation is 1. The highest BCUT2D eigenvalue weighted by Crippen LogP contribution is 2.19. The molecule has 118 valence electrons. The molecule has 3 heteroatoms. The molecule has 0 aromatic heterocycles. The Bertz CT molecular complexity index is 425. The fraction of sp³-hybridized carbons (Fsp3) is 0.611. The molecule has 0 aliphatic rings. The summed E-state index contributed by atoms with van der Waals surface area (Å²) in [6.45, 7) is 9.08. The Hall–Kier alpha value is -1.35. The van der Waals surface area contributed by atoms with Crippen LogP contribution in [0.5, 0.6) is 0 Å². The van der Waals surface area contributed by atoms with Crippen molar-refractivity contribution in [1.29, 1.82) is 0 Å². The van der Waals surface area contributed by atoms with Gasteiger partial charge in [0, 0.05) is 6.42 Å². The first-order valence-electron chi connectivity index (χ1n) is 8.02. The molecular weight excluding hydrogens is 260 g/mol. The van der Waals surface area contributed by atoms with E-state index in [4.69, 9.17) is 5.73 Å². The van der Waals surface area contributed by atoms with Gasteiger partial charge in [0.15, 0.2) is 0 Å². The second-order valence-corrected chi connectivity index (χ2v) is 6.37. The minimum Gasteiger partial charge on any atom is -0.349 e. The van der Waals surface area contributed by atoms with Gasteiger partial charge in [0.2, 0.25) is 5.91 Å². The maximum Gasteiger partial charge on any atom is 0.220 e. The van der Waals surface area contributed by atoms with Gasteiger partial charge in [-0.3, -0.25) is 4.79 Å². The van der Waals surface area contributed by atoms with Crippen LogP contribution in [0.4, 0.5) is 0 Å². The van der Waals surface area contributed by atoms with Crippen LogP contribution in [-0.2, 0) is 4.79 Å². The summed E-state index contributed by atoms with van der Waals surface area (Å²) < 4.78 is 0. The van der Waals surface area contributed by atoms with Gasteiger partial charge >= 0.3 is 0 Å². The Labute approximate surface area is 129 Å². The van der Waals surface area contributed by atoms with Crippen molar-refractivity contribution >= 4 is 5.91 Å². The Kier molecular flexibility index (Phi) is 7.44. The van der Waals surface area contributed by atoms with Gasteiger partial charge in [-0.15, -0.1) is 0 Å². The number of hydrogen-bond acceptors (Lipinski definition) is 2. The molecule has 3 nitrogen and oxygen atoms in total. The van der Waals surface area contributed by atoms with E-state index in [0.717, 1.165) is 12.8 Å². The van der Waals surface area contributed by atoms with Crippen LogP contribution in [0.25, 0.3) is 0 Å². The molecule has 1 aromatic rings. The molecular formula is C18H30N2O. The van der Waals surface area contributed by atoms with Gasteiger partial charge in [0.1, 0.15) is 0 Å². The van der Waals surface area contributed by atoms with Gasteiger partial charge in [0.05, 0.1) is 6.04 Å². The second-order valence-electron chi connectivity index (χ2n) is 6.37. The quantitative estimate of drug-likeness (QED) is 0.769. The molecule has 0 spiro atoms. The van der Waals surface area contributed by atoms with Gasteiger partial charge in [-0.1, -0.05) is 50.6 Å². The van der Waals surface area contributed by atoms with Crippen LogP contribution >= 0.6 is 0 Å². The summed E-state index contributed by atoms with van der Waals surface area (Å²) in [7, 11) is 0. The fourth-order valence-corrected chi connectivity index (χ4v) is 2.66. The molecule has 1 unspecified atom stereocenters. The van der Waals surface area contributed by atoms with Gasteiger partial charge in [-0.05, 0) is 43.7 Å². The molecule has 1 aromatic carbocycles. The highest BCUT2D eigenvalue weighted by molar-refractivity contribution is 5.76. The highest BCUT2D eigenvalue weighted by atomic mass is 16.1. The zero-order valence-electron chi connectivity index (χ0n) is 13.9. The molecule has 0 aliphatic carbocycles. The van der Waals surface area contributed by atoms with E-state index in [1.807, 2.05) is 0 Å². The van der Waals surface area contributed by atoms with E-state index in [1.54, 1.807) is 0 Å². The zero-order valence-corrected chi connectivity index (χ0v) is 13.9. The van der Waals surface area contributed by atoms with E-state index in [2.05, 4.69) is 57.3 Å². The lowest BCUT2D eigenvalue weighted by atomic mass is 9.93. The number of carbonyl (C=O) groups is 1. The third-order valence-corrected chi connectivity index (χ3v) is 3.84. The first-order valence-corrected chi connectivity index (χ1v) is 8.02. The van der Waals surface area contributed by atoms with Crippen LogP contribution in [-0.4, -0.2) is 12.5 Å². The second kappa shape index (κ2) is 8.83. The van der Waals surface area contributed by atoms with Crippen molar-refractivity contribution in [2.45, 2.75) is 53.0 Å². The first-order chi connectivity index (χ1) is 9.96. The van der Waals surface area contributed by atoms with Crippen LogP contribution in [0.1, 0.15) is 57.2 Å². The summed E-state index contributed by atoms with van der Waals surface area (Å²) in [5.41, 5.74) is 8.19. The van der Waals surface area contributed by atoms with E-state index in [0.29, 0.717) is 18.9 Å². The summed E-state index contributed by atoms with van der Waals surface area (Å²) in [6.07, 6.45) is 2.43. The molecule has 0 aliphatic heterocycles. The third-order valence-electron chi connectivity index (χ3n) is 3.84. The average Bonchev–Trinajstić information content (AvgIpc) is 2.44. The van der Waals surface area contributed by atoms with Crippen LogP contribution in [0.2, 0.25) is 0 Å². The van der Waals surface area contributed by atoms with Gasteiger partial charge < -0.3 is 11.1 Å². The number of carbonyl (C=O) groups excluding carboxylic acids is 1. The molecule has 0 saturated carbocycles. The lowest BCUT2D eigenvalue weighted by molar-refractivity contribution is -0.122. The summed E-state index contributed by atoms with van der Waals surface area (Å²) >= 11 is 0. The Morgan fingerprint density at radius 3 is 2.33 bits per heavy atom. The van der Waals surface area contributed by atoms with Crippen molar-refractivity contribution in [2.24, 2.45) is 17.6 Å². The molecule has 3 N–H and O–H groups in total. The summed E-state index contributed by atoms with van der Waals surface area (Å²) in [5.74, 6) is 0.962. The minimum absolute atomic E-state index is 0.0931. The number of benzene rings is 1. The number of nitrogens with two attached hydrogens (primary N) is 1.